The highest BCUT2D eigenvalue weighted by atomic mass is 35.5. The summed E-state index contributed by atoms with van der Waals surface area (Å²) in [6, 6.07) is 5.79. The van der Waals surface area contributed by atoms with Crippen molar-refractivity contribution in [3.05, 3.63) is 28.8 Å². The third-order valence-corrected chi connectivity index (χ3v) is 6.47. The molecule has 1 N–H and O–H groups in total. The van der Waals surface area contributed by atoms with E-state index in [0.717, 1.165) is 57.8 Å². The number of anilines is 1. The van der Waals surface area contributed by atoms with Crippen LogP contribution in [0.4, 0.5) is 18.9 Å². The van der Waals surface area contributed by atoms with Gasteiger partial charge in [0.25, 0.3) is 0 Å². The second kappa shape index (κ2) is 10.6. The number of carbonyl (C=O) groups is 1. The Morgan fingerprint density at radius 2 is 1.81 bits per heavy atom. The summed E-state index contributed by atoms with van der Waals surface area (Å²) in [7, 11) is 0. The minimum atomic E-state index is -4.40. The fourth-order valence-electron chi connectivity index (χ4n) is 4.46. The Morgan fingerprint density at radius 1 is 1.13 bits per heavy atom. The van der Waals surface area contributed by atoms with Crippen molar-refractivity contribution in [1.29, 1.82) is 5.26 Å². The monoisotopic (exact) mass is 456 g/mol. The van der Waals surface area contributed by atoms with Crippen molar-refractivity contribution in [2.45, 2.75) is 50.7 Å². The molecule has 0 atom stereocenters. The van der Waals surface area contributed by atoms with Crippen LogP contribution in [0.3, 0.4) is 0 Å². The van der Waals surface area contributed by atoms with E-state index in [1.807, 2.05) is 11.0 Å². The summed E-state index contributed by atoms with van der Waals surface area (Å²) in [5, 5.41) is 11.6. The van der Waals surface area contributed by atoms with Crippen LogP contribution in [0.25, 0.3) is 0 Å². The van der Waals surface area contributed by atoms with Gasteiger partial charge in [0.1, 0.15) is 6.42 Å². The maximum atomic E-state index is 13.1. The molecule has 0 radical (unpaired) electrons. The average Bonchev–Trinajstić information content (AvgIpc) is 2.73. The number of nitrogens with zero attached hydrogens (tertiary/aromatic N) is 3. The van der Waals surface area contributed by atoms with Gasteiger partial charge in [-0.2, -0.15) is 18.4 Å². The highest BCUT2D eigenvalue weighted by Crippen LogP contribution is 2.34. The van der Waals surface area contributed by atoms with Crippen LogP contribution in [0.1, 0.15) is 44.1 Å². The molecule has 1 saturated heterocycles. The second-order valence-corrected chi connectivity index (χ2v) is 8.87. The lowest BCUT2D eigenvalue weighted by atomic mass is 9.84. The standard InChI is InChI=1S/C22H28ClF3N4O/c23-18-13-17(22(24,25)26)14-20(15-18)30-11-9-29(10-12-30)8-6-16-1-3-19(4-2-16)28-21(31)5-7-27/h13-16,19H,1-6,8-12H2,(H,28,31)/t16-,19-. The summed E-state index contributed by atoms with van der Waals surface area (Å²) < 4.78 is 39.2. The Kier molecular flexibility index (Phi) is 8.06. The zero-order valence-electron chi connectivity index (χ0n) is 17.4. The van der Waals surface area contributed by atoms with Gasteiger partial charge in [-0.3, -0.25) is 9.69 Å². The molecule has 9 heteroatoms. The zero-order chi connectivity index (χ0) is 22.4. The van der Waals surface area contributed by atoms with Gasteiger partial charge in [-0.1, -0.05) is 11.6 Å². The molecule has 1 heterocycles. The van der Waals surface area contributed by atoms with E-state index in [1.54, 1.807) is 6.07 Å². The Labute approximate surface area is 186 Å². The van der Waals surface area contributed by atoms with E-state index in [1.165, 1.54) is 6.07 Å². The number of carbonyl (C=O) groups excluding carboxylic acids is 1. The number of alkyl halides is 3. The van der Waals surface area contributed by atoms with Crippen LogP contribution in [-0.2, 0) is 11.0 Å². The van der Waals surface area contributed by atoms with Crippen molar-refractivity contribution in [3.63, 3.8) is 0 Å². The molecule has 170 valence electrons. The molecular formula is C22H28ClF3N4O. The summed E-state index contributed by atoms with van der Waals surface area (Å²) in [5.41, 5.74) is -0.187. The number of nitriles is 1. The molecule has 1 aliphatic carbocycles. The van der Waals surface area contributed by atoms with Gasteiger partial charge in [-0.15, -0.1) is 0 Å². The Bertz CT molecular complexity index is 795. The second-order valence-electron chi connectivity index (χ2n) is 8.43. The van der Waals surface area contributed by atoms with Crippen molar-refractivity contribution in [1.82, 2.24) is 10.2 Å². The number of rotatable bonds is 6. The third kappa shape index (κ3) is 7.01. The van der Waals surface area contributed by atoms with Crippen molar-refractivity contribution in [3.8, 4) is 6.07 Å². The molecule has 1 saturated carbocycles. The highest BCUT2D eigenvalue weighted by molar-refractivity contribution is 6.31. The van der Waals surface area contributed by atoms with E-state index >= 15 is 0 Å². The molecule has 1 aliphatic heterocycles. The molecule has 1 aromatic rings. The smallest absolute Gasteiger partial charge is 0.369 e. The first-order valence-electron chi connectivity index (χ1n) is 10.8. The van der Waals surface area contributed by atoms with E-state index in [0.29, 0.717) is 24.7 Å². The topological polar surface area (TPSA) is 59.4 Å². The number of amides is 1. The third-order valence-electron chi connectivity index (χ3n) is 6.25. The van der Waals surface area contributed by atoms with Gasteiger partial charge >= 0.3 is 6.18 Å². The first-order chi connectivity index (χ1) is 14.7. The van der Waals surface area contributed by atoms with Crippen molar-refractivity contribution in [2.75, 3.05) is 37.6 Å². The lowest BCUT2D eigenvalue weighted by Crippen LogP contribution is -2.47. The molecule has 2 fully saturated rings. The largest absolute Gasteiger partial charge is 0.416 e. The van der Waals surface area contributed by atoms with Crippen LogP contribution >= 0.6 is 11.6 Å². The van der Waals surface area contributed by atoms with E-state index in [9.17, 15) is 18.0 Å². The van der Waals surface area contributed by atoms with E-state index in [-0.39, 0.29) is 23.4 Å². The molecule has 5 nitrogen and oxygen atoms in total. The number of piperazine rings is 1. The lowest BCUT2D eigenvalue weighted by molar-refractivity contribution is -0.137. The van der Waals surface area contributed by atoms with Crippen LogP contribution in [0.2, 0.25) is 5.02 Å². The lowest BCUT2D eigenvalue weighted by Gasteiger charge is -2.37. The fraction of sp³-hybridized carbons (Fsp3) is 0.636. The van der Waals surface area contributed by atoms with Crippen LogP contribution in [-0.4, -0.2) is 49.6 Å². The zero-order valence-corrected chi connectivity index (χ0v) is 18.2. The van der Waals surface area contributed by atoms with E-state index < -0.39 is 11.7 Å². The predicted molar refractivity (Wildman–Crippen MR) is 114 cm³/mol. The molecule has 0 spiro atoms. The SMILES string of the molecule is N#CCC(=O)N[C@H]1CC[C@H](CCN2CCN(c3cc(Cl)cc(C(F)(F)F)c3)CC2)CC1. The number of hydrogen-bond donors (Lipinski definition) is 1. The van der Waals surface area contributed by atoms with Gasteiger partial charge < -0.3 is 10.2 Å². The summed E-state index contributed by atoms with van der Waals surface area (Å²) in [6.07, 6.45) is 0.643. The number of hydrogen-bond acceptors (Lipinski definition) is 4. The van der Waals surface area contributed by atoms with Crippen molar-refractivity contribution >= 4 is 23.2 Å². The van der Waals surface area contributed by atoms with Gasteiger partial charge in [0, 0.05) is 42.9 Å². The summed E-state index contributed by atoms with van der Waals surface area (Å²) >= 11 is 5.92. The van der Waals surface area contributed by atoms with E-state index in [2.05, 4.69) is 10.2 Å². The first-order valence-corrected chi connectivity index (χ1v) is 11.1. The maximum Gasteiger partial charge on any atom is 0.416 e. The molecule has 3 rings (SSSR count). The molecule has 2 aliphatic rings. The van der Waals surface area contributed by atoms with Gasteiger partial charge in [-0.05, 0) is 62.8 Å². The first kappa shape index (κ1) is 23.7. The normalized spacial score (nSPS) is 22.7. The fourth-order valence-corrected chi connectivity index (χ4v) is 4.69. The average molecular weight is 457 g/mol. The maximum absolute atomic E-state index is 13.1. The van der Waals surface area contributed by atoms with Gasteiger partial charge in [0.15, 0.2) is 0 Å². The van der Waals surface area contributed by atoms with Gasteiger partial charge in [0.05, 0.1) is 11.6 Å². The number of halogens is 4. The van der Waals surface area contributed by atoms with Gasteiger partial charge in [-0.25, -0.2) is 0 Å². The minimum Gasteiger partial charge on any atom is -0.369 e. The number of benzene rings is 1. The van der Waals surface area contributed by atoms with Crippen LogP contribution in [0.5, 0.6) is 0 Å². The number of nitrogens with one attached hydrogen (secondary N) is 1. The molecule has 0 bridgehead atoms. The summed E-state index contributed by atoms with van der Waals surface area (Å²) in [5.74, 6) is 0.440. The van der Waals surface area contributed by atoms with Crippen molar-refractivity contribution < 1.29 is 18.0 Å². The van der Waals surface area contributed by atoms with Crippen LogP contribution < -0.4 is 10.2 Å². The van der Waals surface area contributed by atoms with Crippen molar-refractivity contribution in [2.24, 2.45) is 5.92 Å². The predicted octanol–water partition coefficient (Wildman–Crippen LogP) is 4.46. The minimum absolute atomic E-state index is 0.0847. The molecule has 1 aromatic carbocycles. The van der Waals surface area contributed by atoms with Crippen LogP contribution in [0, 0.1) is 17.2 Å². The van der Waals surface area contributed by atoms with Crippen LogP contribution in [0.15, 0.2) is 18.2 Å². The Balaban J connectivity index is 1.40. The van der Waals surface area contributed by atoms with E-state index in [4.69, 9.17) is 16.9 Å². The summed E-state index contributed by atoms with van der Waals surface area (Å²) in [6.45, 7) is 3.96. The Hall–Kier alpha value is -1.98. The molecule has 0 aromatic heterocycles. The molecule has 0 unspecified atom stereocenters. The Morgan fingerprint density at radius 3 is 2.42 bits per heavy atom. The molecule has 1 amide bonds. The summed E-state index contributed by atoms with van der Waals surface area (Å²) in [4.78, 5) is 15.9. The van der Waals surface area contributed by atoms with Gasteiger partial charge in [0.2, 0.25) is 5.91 Å². The molecular weight excluding hydrogens is 429 g/mol. The molecule has 31 heavy (non-hydrogen) atoms. The quantitative estimate of drug-likeness (QED) is 0.686. The highest BCUT2D eigenvalue weighted by Gasteiger charge is 2.32.